The third kappa shape index (κ3) is 6.30. The summed E-state index contributed by atoms with van der Waals surface area (Å²) in [5.41, 5.74) is 7.87. The first-order valence-electron chi connectivity index (χ1n) is 14.1. The Hall–Kier alpha value is -3.72. The Morgan fingerprint density at radius 3 is 2.51 bits per heavy atom. The van der Waals surface area contributed by atoms with E-state index in [0.29, 0.717) is 43.3 Å². The van der Waals surface area contributed by atoms with Gasteiger partial charge < -0.3 is 24.8 Å². The van der Waals surface area contributed by atoms with Crippen LogP contribution in [0.25, 0.3) is 0 Å². The quantitative estimate of drug-likeness (QED) is 0.502. The summed E-state index contributed by atoms with van der Waals surface area (Å²) in [5.74, 6) is 0.777. The van der Waals surface area contributed by atoms with Crippen molar-refractivity contribution >= 4 is 11.8 Å². The Bertz CT molecular complexity index is 1470. The van der Waals surface area contributed by atoms with Gasteiger partial charge in [-0.15, -0.1) is 0 Å². The zero-order valence-corrected chi connectivity index (χ0v) is 24.5. The standard InChI is InChI=1S/C33H39N3O5/c1-20-9-10-25-13-30(20)41-26-8-6-7-24(12-26)19-40-31-16-36(15-29(31)34-32(38)17-35(5)33(25)39)14-27-21(2)11-22(3)28(18-37)23(27)4/h6-13,29,31,37H,14-19H2,1-5H3,(H,34,38)/t29-,31-/m0/s1. The number of nitrogens with one attached hydrogen (secondary N) is 1. The zero-order valence-electron chi connectivity index (χ0n) is 24.5. The first-order valence-corrected chi connectivity index (χ1v) is 14.1. The van der Waals surface area contributed by atoms with Crippen LogP contribution in [0.2, 0.25) is 0 Å². The summed E-state index contributed by atoms with van der Waals surface area (Å²) in [6, 6.07) is 15.0. The van der Waals surface area contributed by atoms with Gasteiger partial charge in [0, 0.05) is 32.2 Å². The van der Waals surface area contributed by atoms with E-state index in [-0.39, 0.29) is 37.1 Å². The number of amides is 2. The van der Waals surface area contributed by atoms with E-state index in [1.165, 1.54) is 16.0 Å². The summed E-state index contributed by atoms with van der Waals surface area (Å²) in [6.07, 6.45) is -0.240. The second-order valence-electron chi connectivity index (χ2n) is 11.4. The summed E-state index contributed by atoms with van der Waals surface area (Å²) in [5, 5.41) is 13.1. The van der Waals surface area contributed by atoms with Crippen LogP contribution in [-0.4, -0.2) is 65.5 Å². The molecule has 2 atom stereocenters. The Morgan fingerprint density at radius 1 is 0.951 bits per heavy atom. The van der Waals surface area contributed by atoms with Crippen LogP contribution in [0, 0.1) is 27.7 Å². The molecule has 0 aliphatic carbocycles. The van der Waals surface area contributed by atoms with Gasteiger partial charge in [-0.3, -0.25) is 14.5 Å². The molecule has 0 aromatic heterocycles. The lowest BCUT2D eigenvalue weighted by molar-refractivity contribution is -0.123. The third-order valence-electron chi connectivity index (χ3n) is 8.27. The van der Waals surface area contributed by atoms with Crippen molar-refractivity contribution in [3.63, 3.8) is 0 Å². The molecule has 3 aromatic rings. The van der Waals surface area contributed by atoms with Crippen molar-refractivity contribution < 1.29 is 24.2 Å². The van der Waals surface area contributed by atoms with Gasteiger partial charge in [-0.1, -0.05) is 24.3 Å². The van der Waals surface area contributed by atoms with E-state index in [2.05, 4.69) is 30.1 Å². The first-order chi connectivity index (χ1) is 19.6. The van der Waals surface area contributed by atoms with E-state index >= 15 is 0 Å². The molecule has 8 heteroatoms. The molecular weight excluding hydrogens is 518 g/mol. The van der Waals surface area contributed by atoms with E-state index in [1.54, 1.807) is 19.2 Å². The van der Waals surface area contributed by atoms with Crippen LogP contribution < -0.4 is 10.1 Å². The minimum Gasteiger partial charge on any atom is -0.457 e. The minimum atomic E-state index is -0.253. The van der Waals surface area contributed by atoms with Crippen molar-refractivity contribution in [2.75, 3.05) is 26.7 Å². The van der Waals surface area contributed by atoms with Gasteiger partial charge in [-0.2, -0.15) is 0 Å². The summed E-state index contributed by atoms with van der Waals surface area (Å²) < 4.78 is 12.6. The van der Waals surface area contributed by atoms with Crippen LogP contribution in [0.4, 0.5) is 0 Å². The largest absolute Gasteiger partial charge is 0.457 e. The molecule has 1 saturated heterocycles. The smallest absolute Gasteiger partial charge is 0.254 e. The number of aliphatic hydroxyl groups excluding tert-OH is 1. The van der Waals surface area contributed by atoms with Gasteiger partial charge in [-0.05, 0) is 90.9 Å². The molecule has 2 aliphatic rings. The molecule has 216 valence electrons. The summed E-state index contributed by atoms with van der Waals surface area (Å²) in [7, 11) is 1.63. The molecule has 1 fully saturated rings. The average Bonchev–Trinajstić information content (AvgIpc) is 3.31. The molecule has 0 saturated carbocycles. The fourth-order valence-corrected chi connectivity index (χ4v) is 5.90. The number of likely N-dealkylation sites (N-methyl/N-ethyl adjacent to an activating group) is 1. The van der Waals surface area contributed by atoms with Crippen LogP contribution in [0.15, 0.2) is 48.5 Å². The zero-order chi connectivity index (χ0) is 29.3. The van der Waals surface area contributed by atoms with Crippen molar-refractivity contribution in [2.24, 2.45) is 0 Å². The van der Waals surface area contributed by atoms with Crippen molar-refractivity contribution in [1.29, 1.82) is 0 Å². The number of hydrogen-bond donors (Lipinski definition) is 2. The van der Waals surface area contributed by atoms with Crippen molar-refractivity contribution in [1.82, 2.24) is 15.1 Å². The van der Waals surface area contributed by atoms with E-state index in [4.69, 9.17) is 9.47 Å². The topological polar surface area (TPSA) is 91.3 Å². The number of carbonyl (C=O) groups excluding carboxylic acids is 2. The lowest BCUT2D eigenvalue weighted by Gasteiger charge is -2.23. The number of nitrogens with zero attached hydrogens (tertiary/aromatic N) is 2. The van der Waals surface area contributed by atoms with E-state index in [9.17, 15) is 14.7 Å². The first kappa shape index (κ1) is 28.8. The predicted octanol–water partition coefficient (Wildman–Crippen LogP) is 4.18. The third-order valence-corrected chi connectivity index (χ3v) is 8.27. The van der Waals surface area contributed by atoms with Gasteiger partial charge >= 0.3 is 0 Å². The highest BCUT2D eigenvalue weighted by Gasteiger charge is 2.35. The van der Waals surface area contributed by atoms with Crippen LogP contribution >= 0.6 is 0 Å². The van der Waals surface area contributed by atoms with Crippen LogP contribution in [0.1, 0.15) is 49.3 Å². The number of carbonyl (C=O) groups is 2. The molecule has 2 N–H and O–H groups in total. The van der Waals surface area contributed by atoms with Gasteiger partial charge in [0.1, 0.15) is 11.5 Å². The number of hydrogen-bond acceptors (Lipinski definition) is 6. The Balaban J connectivity index is 1.42. The van der Waals surface area contributed by atoms with E-state index in [0.717, 1.165) is 27.8 Å². The average molecular weight is 558 g/mol. The van der Waals surface area contributed by atoms with Gasteiger partial charge in [-0.25, -0.2) is 0 Å². The number of fused-ring (bicyclic) bond motifs is 5. The van der Waals surface area contributed by atoms with Gasteiger partial charge in [0.25, 0.3) is 5.91 Å². The highest BCUT2D eigenvalue weighted by atomic mass is 16.5. The summed E-state index contributed by atoms with van der Waals surface area (Å²) in [6.45, 7) is 10.4. The van der Waals surface area contributed by atoms with Gasteiger partial charge in [0.05, 0.1) is 31.9 Å². The molecule has 0 unspecified atom stereocenters. The Labute approximate surface area is 241 Å². The lowest BCUT2D eigenvalue weighted by Crippen LogP contribution is -2.48. The number of benzene rings is 3. The second kappa shape index (κ2) is 12.0. The highest BCUT2D eigenvalue weighted by molar-refractivity contribution is 5.96. The number of aliphatic hydroxyl groups is 1. The minimum absolute atomic E-state index is 0.00787. The van der Waals surface area contributed by atoms with Crippen molar-refractivity contribution in [3.8, 4) is 11.5 Å². The highest BCUT2D eigenvalue weighted by Crippen LogP contribution is 2.29. The normalized spacial score (nSPS) is 20.0. The molecule has 41 heavy (non-hydrogen) atoms. The molecule has 2 heterocycles. The molecule has 2 aliphatic heterocycles. The maximum absolute atomic E-state index is 13.2. The molecule has 3 aromatic carbocycles. The maximum Gasteiger partial charge on any atom is 0.254 e. The number of likely N-dealkylation sites (tertiary alicyclic amines) is 1. The van der Waals surface area contributed by atoms with E-state index < -0.39 is 0 Å². The predicted molar refractivity (Wildman–Crippen MR) is 157 cm³/mol. The van der Waals surface area contributed by atoms with Crippen LogP contribution in [0.5, 0.6) is 11.5 Å². The number of aryl methyl sites for hydroxylation is 3. The lowest BCUT2D eigenvalue weighted by atomic mass is 9.93. The van der Waals surface area contributed by atoms with Gasteiger partial charge in [0.2, 0.25) is 5.91 Å². The SMILES string of the molecule is Cc1ccc2cc1Oc1cccc(c1)CO[C@H]1CN(Cc3c(C)cc(C)c(CO)c3C)C[C@@H]1NC(=O)CN(C)C2=O. The molecule has 2 amide bonds. The Kier molecular flexibility index (Phi) is 8.45. The molecule has 8 nitrogen and oxygen atoms in total. The number of ether oxygens (including phenoxy) is 2. The Morgan fingerprint density at radius 2 is 1.73 bits per heavy atom. The fraction of sp³-hybridized carbons (Fsp3) is 0.394. The molecular formula is C33H39N3O5. The molecule has 0 spiro atoms. The van der Waals surface area contributed by atoms with Gasteiger partial charge in [0.15, 0.2) is 0 Å². The molecule has 5 rings (SSSR count). The van der Waals surface area contributed by atoms with Crippen molar-refractivity contribution in [2.45, 2.75) is 59.6 Å². The summed E-state index contributed by atoms with van der Waals surface area (Å²) in [4.78, 5) is 30.1. The second-order valence-corrected chi connectivity index (χ2v) is 11.4. The van der Waals surface area contributed by atoms with E-state index in [1.807, 2.05) is 44.2 Å². The maximum atomic E-state index is 13.2. The number of rotatable bonds is 3. The van der Waals surface area contributed by atoms with Crippen LogP contribution in [-0.2, 0) is 29.3 Å². The van der Waals surface area contributed by atoms with Crippen LogP contribution in [0.3, 0.4) is 0 Å². The fourth-order valence-electron chi connectivity index (χ4n) is 5.90. The summed E-state index contributed by atoms with van der Waals surface area (Å²) >= 11 is 0. The molecule has 4 bridgehead atoms. The van der Waals surface area contributed by atoms with Crippen molar-refractivity contribution in [3.05, 3.63) is 93.0 Å². The molecule has 0 radical (unpaired) electrons. The monoisotopic (exact) mass is 557 g/mol.